The summed E-state index contributed by atoms with van der Waals surface area (Å²) in [4.78, 5) is 13.6. The highest BCUT2D eigenvalue weighted by Gasteiger charge is 2.16. The van der Waals surface area contributed by atoms with Crippen LogP contribution in [0.3, 0.4) is 0 Å². The van der Waals surface area contributed by atoms with Crippen LogP contribution in [-0.2, 0) is 0 Å². The molecule has 2 rings (SSSR count). The van der Waals surface area contributed by atoms with Crippen molar-refractivity contribution in [3.05, 3.63) is 23.8 Å². The Morgan fingerprint density at radius 3 is 2.61 bits per heavy atom. The fourth-order valence-electron chi connectivity index (χ4n) is 2.07. The van der Waals surface area contributed by atoms with Gasteiger partial charge in [0.1, 0.15) is 10.8 Å². The van der Waals surface area contributed by atoms with Gasteiger partial charge >= 0.3 is 0 Å². The first-order chi connectivity index (χ1) is 8.74. The molecule has 0 aliphatic carbocycles. The molecule has 0 aliphatic rings. The topological polar surface area (TPSA) is 29.5 Å². The van der Waals surface area contributed by atoms with Crippen LogP contribution in [0.4, 0.5) is 5.00 Å². The molecule has 2 aromatic rings. The van der Waals surface area contributed by atoms with Gasteiger partial charge in [-0.1, -0.05) is 0 Å². The zero-order valence-electron chi connectivity index (χ0n) is 10.9. The fourth-order valence-corrected chi connectivity index (χ4v) is 3.35. The maximum atomic E-state index is 11.4. The summed E-state index contributed by atoms with van der Waals surface area (Å²) in [5.74, 6) is 0.787. The first kappa shape index (κ1) is 12.9. The lowest BCUT2D eigenvalue weighted by atomic mass is 10.1. The van der Waals surface area contributed by atoms with Gasteiger partial charge in [0.25, 0.3) is 0 Å². The average Bonchev–Trinajstić information content (AvgIpc) is 2.77. The quantitative estimate of drug-likeness (QED) is 0.772. The number of carbonyl (C=O) groups excluding carboxylic acids is 1. The second-order valence-corrected chi connectivity index (χ2v) is 5.00. The van der Waals surface area contributed by atoms with Crippen LogP contribution in [0.2, 0.25) is 0 Å². The second-order valence-electron chi connectivity index (χ2n) is 3.97. The number of aldehydes is 1. The van der Waals surface area contributed by atoms with E-state index in [-0.39, 0.29) is 0 Å². The molecule has 0 unspecified atom stereocenters. The number of fused-ring (bicyclic) bond motifs is 1. The Hall–Kier alpha value is -1.55. The lowest BCUT2D eigenvalue weighted by Crippen LogP contribution is -2.21. The number of carbonyl (C=O) groups is 1. The average molecular weight is 263 g/mol. The molecule has 0 spiro atoms. The molecule has 1 heterocycles. The molecule has 3 nitrogen and oxygen atoms in total. The van der Waals surface area contributed by atoms with Gasteiger partial charge in [-0.15, -0.1) is 11.3 Å². The van der Waals surface area contributed by atoms with E-state index in [1.54, 1.807) is 18.4 Å². The van der Waals surface area contributed by atoms with E-state index < -0.39 is 0 Å². The van der Waals surface area contributed by atoms with Gasteiger partial charge < -0.3 is 9.64 Å². The van der Waals surface area contributed by atoms with E-state index in [1.807, 2.05) is 18.2 Å². The Morgan fingerprint density at radius 1 is 1.33 bits per heavy atom. The molecule has 18 heavy (non-hydrogen) atoms. The Labute approximate surface area is 111 Å². The maximum Gasteiger partial charge on any atom is 0.153 e. The van der Waals surface area contributed by atoms with Crippen molar-refractivity contribution in [2.24, 2.45) is 0 Å². The molecule has 4 heteroatoms. The van der Waals surface area contributed by atoms with Gasteiger partial charge in [-0.25, -0.2) is 0 Å². The smallest absolute Gasteiger partial charge is 0.153 e. The molecule has 0 N–H and O–H groups in total. The van der Waals surface area contributed by atoms with Crippen LogP contribution in [0, 0.1) is 0 Å². The monoisotopic (exact) mass is 263 g/mol. The number of methoxy groups -OCH3 is 1. The minimum absolute atomic E-state index is 0.776. The lowest BCUT2D eigenvalue weighted by Gasteiger charge is -2.19. The van der Waals surface area contributed by atoms with Crippen molar-refractivity contribution in [1.82, 2.24) is 0 Å². The van der Waals surface area contributed by atoms with E-state index in [2.05, 4.69) is 18.7 Å². The van der Waals surface area contributed by atoms with Gasteiger partial charge in [0.15, 0.2) is 6.29 Å². The van der Waals surface area contributed by atoms with Crippen molar-refractivity contribution < 1.29 is 9.53 Å². The Kier molecular flexibility index (Phi) is 3.87. The molecule has 0 aliphatic heterocycles. The number of thiophene rings is 1. The molecule has 0 fully saturated rings. The fraction of sp³-hybridized carbons (Fsp3) is 0.357. The molecule has 0 saturated carbocycles. The van der Waals surface area contributed by atoms with Gasteiger partial charge in [0.2, 0.25) is 0 Å². The zero-order chi connectivity index (χ0) is 13.1. The number of rotatable bonds is 5. The Morgan fingerprint density at radius 2 is 2.06 bits per heavy atom. The summed E-state index contributed by atoms with van der Waals surface area (Å²) < 4.78 is 6.34. The van der Waals surface area contributed by atoms with Crippen LogP contribution >= 0.6 is 11.3 Å². The molecule has 0 saturated heterocycles. The Bertz CT molecular complexity index is 558. The van der Waals surface area contributed by atoms with E-state index in [9.17, 15) is 4.79 Å². The summed E-state index contributed by atoms with van der Waals surface area (Å²) in [5, 5.41) is 2.04. The standard InChI is InChI=1S/C14H17NO2S/c1-4-15(5-2)14-12(9-16)11-8-10(17-3)6-7-13(11)18-14/h6-9H,4-5H2,1-3H3. The van der Waals surface area contributed by atoms with E-state index in [1.165, 1.54) is 0 Å². The predicted molar refractivity (Wildman–Crippen MR) is 77.3 cm³/mol. The normalized spacial score (nSPS) is 10.6. The van der Waals surface area contributed by atoms with Gasteiger partial charge in [-0.2, -0.15) is 0 Å². The van der Waals surface area contributed by atoms with Crippen molar-refractivity contribution in [3.63, 3.8) is 0 Å². The van der Waals surface area contributed by atoms with Gasteiger partial charge in [-0.05, 0) is 32.0 Å². The molecule has 0 bridgehead atoms. The van der Waals surface area contributed by atoms with Crippen molar-refractivity contribution in [2.45, 2.75) is 13.8 Å². The molecule has 0 radical (unpaired) electrons. The number of ether oxygens (including phenoxy) is 1. The third-order valence-corrected chi connectivity index (χ3v) is 4.33. The van der Waals surface area contributed by atoms with Crippen LogP contribution in [-0.4, -0.2) is 26.5 Å². The van der Waals surface area contributed by atoms with Crippen LogP contribution in [0.5, 0.6) is 5.75 Å². The van der Waals surface area contributed by atoms with Crippen LogP contribution in [0.25, 0.3) is 10.1 Å². The number of benzene rings is 1. The largest absolute Gasteiger partial charge is 0.497 e. The zero-order valence-corrected chi connectivity index (χ0v) is 11.7. The summed E-state index contributed by atoms with van der Waals surface area (Å²) in [5.41, 5.74) is 0.776. The van der Waals surface area contributed by atoms with Gasteiger partial charge in [-0.3, -0.25) is 4.79 Å². The Balaban J connectivity index is 2.64. The van der Waals surface area contributed by atoms with Gasteiger partial charge in [0, 0.05) is 23.2 Å². The van der Waals surface area contributed by atoms with E-state index in [4.69, 9.17) is 4.74 Å². The third-order valence-electron chi connectivity index (χ3n) is 3.08. The highest BCUT2D eigenvalue weighted by Crippen LogP contribution is 2.38. The SMILES string of the molecule is CCN(CC)c1sc2ccc(OC)cc2c1C=O. The van der Waals surface area contributed by atoms with E-state index in [0.717, 1.165) is 45.8 Å². The highest BCUT2D eigenvalue weighted by atomic mass is 32.1. The molecule has 0 atom stereocenters. The predicted octanol–water partition coefficient (Wildman–Crippen LogP) is 3.57. The summed E-state index contributed by atoms with van der Waals surface area (Å²) in [6, 6.07) is 5.88. The van der Waals surface area contributed by atoms with Crippen molar-refractivity contribution in [2.75, 3.05) is 25.1 Å². The first-order valence-corrected chi connectivity index (χ1v) is 6.87. The molecule has 1 aromatic heterocycles. The molecule has 0 amide bonds. The molecule has 96 valence electrons. The summed E-state index contributed by atoms with van der Waals surface area (Å²) in [6.07, 6.45) is 0.950. The third kappa shape index (κ3) is 2.08. The number of anilines is 1. The molecular formula is C14H17NO2S. The summed E-state index contributed by atoms with van der Waals surface area (Å²) in [7, 11) is 1.64. The molecule has 1 aromatic carbocycles. The minimum Gasteiger partial charge on any atom is -0.497 e. The lowest BCUT2D eigenvalue weighted by molar-refractivity contribution is 0.112. The van der Waals surface area contributed by atoms with Crippen molar-refractivity contribution >= 4 is 32.7 Å². The molecular weight excluding hydrogens is 246 g/mol. The van der Waals surface area contributed by atoms with Crippen molar-refractivity contribution in [1.29, 1.82) is 0 Å². The van der Waals surface area contributed by atoms with Crippen molar-refractivity contribution in [3.8, 4) is 5.75 Å². The number of hydrogen-bond donors (Lipinski definition) is 0. The summed E-state index contributed by atoms with van der Waals surface area (Å²) >= 11 is 1.66. The minimum atomic E-state index is 0.776. The van der Waals surface area contributed by atoms with E-state index >= 15 is 0 Å². The second kappa shape index (κ2) is 5.40. The van der Waals surface area contributed by atoms with Gasteiger partial charge in [0.05, 0.1) is 12.7 Å². The first-order valence-electron chi connectivity index (χ1n) is 6.05. The number of hydrogen-bond acceptors (Lipinski definition) is 4. The van der Waals surface area contributed by atoms with Crippen LogP contribution < -0.4 is 9.64 Å². The summed E-state index contributed by atoms with van der Waals surface area (Å²) in [6.45, 7) is 6.01. The maximum absolute atomic E-state index is 11.4. The highest BCUT2D eigenvalue weighted by molar-refractivity contribution is 7.23. The number of nitrogens with zero attached hydrogens (tertiary/aromatic N) is 1. The van der Waals surface area contributed by atoms with Crippen LogP contribution in [0.15, 0.2) is 18.2 Å². The van der Waals surface area contributed by atoms with E-state index in [0.29, 0.717) is 0 Å². The van der Waals surface area contributed by atoms with Crippen LogP contribution in [0.1, 0.15) is 24.2 Å².